The van der Waals surface area contributed by atoms with Gasteiger partial charge in [0.15, 0.2) is 24.6 Å². The molecular weight excluding hydrogens is 949 g/mol. The first-order chi connectivity index (χ1) is 36.6. The van der Waals surface area contributed by atoms with Gasteiger partial charge >= 0.3 is 23.9 Å². The highest BCUT2D eigenvalue weighted by molar-refractivity contribution is 5.74. The van der Waals surface area contributed by atoms with E-state index in [2.05, 4.69) is 93.7 Å². The van der Waals surface area contributed by atoms with Gasteiger partial charge in [-0.05, 0) is 103 Å². The fourth-order valence-electron chi connectivity index (χ4n) is 8.17. The number of hydrogen-bond acceptors (Lipinski definition) is 11. The topological polar surface area (TPSA) is 175 Å². The average Bonchev–Trinajstić information content (AvgIpc) is 3.39. The van der Waals surface area contributed by atoms with Crippen molar-refractivity contribution in [2.45, 2.75) is 263 Å². The summed E-state index contributed by atoms with van der Waals surface area (Å²) in [5, 5.41) is 31.4. The highest BCUT2D eigenvalue weighted by atomic mass is 16.7. The third-order valence-electron chi connectivity index (χ3n) is 12.6. The van der Waals surface area contributed by atoms with Crippen LogP contribution in [0.25, 0.3) is 0 Å². The number of esters is 3. The molecule has 0 bridgehead atoms. The van der Waals surface area contributed by atoms with E-state index < -0.39 is 67.3 Å². The second-order valence-electron chi connectivity index (χ2n) is 19.6. The summed E-state index contributed by atoms with van der Waals surface area (Å²) in [6, 6.07) is 0. The summed E-state index contributed by atoms with van der Waals surface area (Å²) >= 11 is 0. The molecular formula is C63H102O12. The number of aliphatic hydroxyl groups is 2. The van der Waals surface area contributed by atoms with Crippen molar-refractivity contribution < 1.29 is 58.2 Å². The van der Waals surface area contributed by atoms with Crippen LogP contribution in [0.4, 0.5) is 0 Å². The zero-order chi connectivity index (χ0) is 54.7. The number of allylic oxidation sites excluding steroid dienone is 15. The van der Waals surface area contributed by atoms with Crippen LogP contribution in [0, 0.1) is 0 Å². The highest BCUT2D eigenvalue weighted by Gasteiger charge is 2.50. The Labute approximate surface area is 453 Å². The summed E-state index contributed by atoms with van der Waals surface area (Å²) in [4.78, 5) is 51.0. The number of aliphatic hydroxyl groups excluding tert-OH is 2. The highest BCUT2D eigenvalue weighted by Crippen LogP contribution is 2.26. The smallest absolute Gasteiger partial charge is 0.335 e. The normalized spacial score (nSPS) is 18.9. The first kappa shape index (κ1) is 68.7. The Morgan fingerprint density at radius 3 is 1.39 bits per heavy atom. The maximum Gasteiger partial charge on any atom is 0.335 e. The Bertz CT molecular complexity index is 1670. The third kappa shape index (κ3) is 40.6. The van der Waals surface area contributed by atoms with Gasteiger partial charge in [-0.15, -0.1) is 0 Å². The van der Waals surface area contributed by atoms with E-state index in [0.29, 0.717) is 19.3 Å². The number of carbonyl (C=O) groups excluding carboxylic acids is 3. The van der Waals surface area contributed by atoms with Crippen molar-refractivity contribution >= 4 is 23.9 Å². The van der Waals surface area contributed by atoms with Crippen LogP contribution in [0.1, 0.15) is 226 Å². The molecule has 75 heavy (non-hydrogen) atoms. The first-order valence-electron chi connectivity index (χ1n) is 29.2. The Balaban J connectivity index is 2.77. The minimum atomic E-state index is -1.94. The summed E-state index contributed by atoms with van der Waals surface area (Å²) in [7, 11) is 0. The summed E-state index contributed by atoms with van der Waals surface area (Å²) in [6.07, 6.45) is 54.0. The van der Waals surface area contributed by atoms with Gasteiger partial charge in [0.1, 0.15) is 18.8 Å². The van der Waals surface area contributed by atoms with Crippen molar-refractivity contribution in [3.63, 3.8) is 0 Å². The lowest BCUT2D eigenvalue weighted by atomic mass is 9.98. The number of unbranched alkanes of at least 4 members (excludes halogenated alkanes) is 19. The monoisotopic (exact) mass is 1050 g/mol. The minimum absolute atomic E-state index is 0.135. The van der Waals surface area contributed by atoms with E-state index in [1.54, 1.807) is 12.2 Å². The fourth-order valence-corrected chi connectivity index (χ4v) is 8.17. The van der Waals surface area contributed by atoms with Gasteiger partial charge < -0.3 is 39.0 Å². The van der Waals surface area contributed by atoms with Crippen molar-refractivity contribution in [2.75, 3.05) is 13.2 Å². The summed E-state index contributed by atoms with van der Waals surface area (Å²) in [6.45, 7) is 5.78. The molecule has 1 rings (SSSR count). The van der Waals surface area contributed by atoms with Gasteiger partial charge in [0.25, 0.3) is 0 Å². The molecule has 1 aliphatic rings. The molecule has 6 unspecified atom stereocenters. The van der Waals surface area contributed by atoms with Gasteiger partial charge in [-0.25, -0.2) is 4.79 Å². The molecule has 0 radical (unpaired) electrons. The molecule has 3 N–H and O–H groups in total. The largest absolute Gasteiger partial charge is 0.479 e. The maximum absolute atomic E-state index is 13.1. The number of carboxylic acid groups (broad SMARTS) is 1. The standard InChI is InChI=1S/C63H102O12/c1-4-7-10-13-16-19-22-25-28-31-34-37-40-43-46-49-55(64)71-52-54(73-56(65)50-47-44-41-38-35-32-29-26-23-20-17-14-11-8-5-2)53-72-63-61(59(68)58(67)60(75-63)62(69)70)74-57(66)51-48-45-42-39-36-33-30-27-24-21-18-15-12-9-6-3/h9,12,16,18-19,21,25-30,36,39,45,48,54,58-61,63,67-68H,4-8,10-11,13-15,17,20,22-24,31-35,37-38,40-44,46-47,49-53H2,1-3H3,(H,69,70)/b12-9-,19-16-,21-18-,28-25-,29-26-,30-27-,39-36-,48-45-. The molecule has 0 aromatic carbocycles. The molecule has 0 saturated carbocycles. The van der Waals surface area contributed by atoms with Crippen molar-refractivity contribution in [1.29, 1.82) is 0 Å². The Hall–Kier alpha value is -4.36. The van der Waals surface area contributed by atoms with Crippen LogP contribution in [0.5, 0.6) is 0 Å². The van der Waals surface area contributed by atoms with E-state index in [9.17, 15) is 34.5 Å². The molecule has 1 heterocycles. The van der Waals surface area contributed by atoms with Gasteiger partial charge in [-0.3, -0.25) is 14.4 Å². The molecule has 12 nitrogen and oxygen atoms in total. The van der Waals surface area contributed by atoms with E-state index >= 15 is 0 Å². The van der Waals surface area contributed by atoms with Crippen LogP contribution < -0.4 is 0 Å². The lowest BCUT2D eigenvalue weighted by molar-refractivity contribution is -0.301. The van der Waals surface area contributed by atoms with E-state index in [1.165, 1.54) is 57.8 Å². The van der Waals surface area contributed by atoms with Gasteiger partial charge in [-0.1, -0.05) is 201 Å². The molecule has 0 aromatic rings. The van der Waals surface area contributed by atoms with Crippen molar-refractivity contribution in [2.24, 2.45) is 0 Å². The molecule has 6 atom stereocenters. The lowest BCUT2D eigenvalue weighted by Gasteiger charge is -2.40. The SMILES string of the molecule is CC/C=C\C/C=C\C/C=C\C/C=C\C/C=C\CC(=O)OC1C(OCC(COC(=O)CCCCCCC/C=C\C/C=C\CCCCC)OC(=O)CCCCCCC/C=C\CCCCCCCC)OC(C(=O)O)C(O)C1O. The van der Waals surface area contributed by atoms with Crippen LogP contribution >= 0.6 is 0 Å². The number of ether oxygens (including phenoxy) is 5. The number of carboxylic acids is 1. The summed E-state index contributed by atoms with van der Waals surface area (Å²) < 4.78 is 28.3. The number of aliphatic carboxylic acids is 1. The van der Waals surface area contributed by atoms with Crippen LogP contribution in [-0.4, -0.2) is 89.2 Å². The zero-order valence-corrected chi connectivity index (χ0v) is 46.8. The Kier molecular flexibility index (Phi) is 46.2. The van der Waals surface area contributed by atoms with Gasteiger partial charge in [0.05, 0.1) is 13.0 Å². The first-order valence-corrected chi connectivity index (χ1v) is 29.2. The van der Waals surface area contributed by atoms with Crippen molar-refractivity contribution in [1.82, 2.24) is 0 Å². The van der Waals surface area contributed by atoms with E-state index in [0.717, 1.165) is 109 Å². The van der Waals surface area contributed by atoms with Crippen LogP contribution in [0.15, 0.2) is 97.2 Å². The van der Waals surface area contributed by atoms with Gasteiger partial charge in [0.2, 0.25) is 0 Å². The predicted octanol–water partition coefficient (Wildman–Crippen LogP) is 14.9. The molecule has 1 fully saturated rings. The maximum atomic E-state index is 13.1. The quantitative estimate of drug-likeness (QED) is 0.0228. The Morgan fingerprint density at radius 2 is 0.880 bits per heavy atom. The molecule has 0 aromatic heterocycles. The van der Waals surface area contributed by atoms with E-state index in [1.807, 2.05) is 12.2 Å². The minimum Gasteiger partial charge on any atom is -0.479 e. The lowest BCUT2D eigenvalue weighted by Crippen LogP contribution is -2.61. The van der Waals surface area contributed by atoms with Crippen molar-refractivity contribution in [3.8, 4) is 0 Å². The molecule has 1 aliphatic heterocycles. The van der Waals surface area contributed by atoms with Crippen LogP contribution in [0.2, 0.25) is 0 Å². The molecule has 1 saturated heterocycles. The summed E-state index contributed by atoms with van der Waals surface area (Å²) in [5.74, 6) is -3.32. The molecule has 0 spiro atoms. The number of rotatable bonds is 48. The van der Waals surface area contributed by atoms with Crippen molar-refractivity contribution in [3.05, 3.63) is 97.2 Å². The summed E-state index contributed by atoms with van der Waals surface area (Å²) in [5.41, 5.74) is 0. The molecule has 0 amide bonds. The second-order valence-corrected chi connectivity index (χ2v) is 19.6. The van der Waals surface area contributed by atoms with Crippen LogP contribution in [0.3, 0.4) is 0 Å². The number of carbonyl (C=O) groups is 4. The molecule has 0 aliphatic carbocycles. The third-order valence-corrected chi connectivity index (χ3v) is 12.6. The van der Waals surface area contributed by atoms with E-state index in [4.69, 9.17) is 23.7 Å². The van der Waals surface area contributed by atoms with E-state index in [-0.39, 0.29) is 25.9 Å². The zero-order valence-electron chi connectivity index (χ0n) is 46.8. The Morgan fingerprint density at radius 1 is 0.467 bits per heavy atom. The predicted molar refractivity (Wildman–Crippen MR) is 303 cm³/mol. The average molecular weight is 1050 g/mol. The second kappa shape index (κ2) is 50.5. The van der Waals surface area contributed by atoms with Gasteiger partial charge in [0, 0.05) is 12.8 Å². The molecule has 12 heteroatoms. The van der Waals surface area contributed by atoms with Crippen LogP contribution in [-0.2, 0) is 42.9 Å². The van der Waals surface area contributed by atoms with Gasteiger partial charge in [-0.2, -0.15) is 0 Å². The fraction of sp³-hybridized carbons (Fsp3) is 0.683. The molecule has 426 valence electrons. The number of hydrogen-bond donors (Lipinski definition) is 3.